The van der Waals surface area contributed by atoms with E-state index in [2.05, 4.69) is 24.4 Å². The zero-order valence-corrected chi connectivity index (χ0v) is 14.4. The summed E-state index contributed by atoms with van der Waals surface area (Å²) >= 11 is 2.92. The Labute approximate surface area is 141 Å². The van der Waals surface area contributed by atoms with Crippen LogP contribution in [0.1, 0.15) is 12.1 Å². The third-order valence-electron chi connectivity index (χ3n) is 2.53. The van der Waals surface area contributed by atoms with E-state index in [-0.39, 0.29) is 12.6 Å². The minimum Gasteiger partial charge on any atom is -0.393 e. The third kappa shape index (κ3) is 5.95. The molecule has 10 nitrogen and oxygen atoms in total. The number of aliphatic hydroxyl groups excluding tert-OH is 1. The summed E-state index contributed by atoms with van der Waals surface area (Å²) in [5.41, 5.74) is 11.4. The summed E-state index contributed by atoms with van der Waals surface area (Å²) in [6.45, 7) is -0.385. The minimum absolute atomic E-state index is 0.0341. The minimum atomic E-state index is -3.64. The molecule has 1 aromatic rings. The van der Waals surface area contributed by atoms with Crippen LogP contribution in [-0.2, 0) is 16.0 Å². The number of amidine groups is 1. The molecular formula is C10H17N7O3S3. The molecule has 0 aromatic carbocycles. The molecule has 128 valence electrons. The first-order valence-corrected chi connectivity index (χ1v) is 9.99. The molecule has 2 rings (SSSR count). The number of aliphatic imine (C=N–C) groups is 2. The largest absolute Gasteiger partial charge is 0.393 e. The summed E-state index contributed by atoms with van der Waals surface area (Å²) in [5, 5.41) is 11.4. The molecular weight excluding hydrogens is 362 g/mol. The Morgan fingerprint density at radius 1 is 1.52 bits per heavy atom. The molecule has 23 heavy (non-hydrogen) atoms. The third-order valence-corrected chi connectivity index (χ3v) is 5.39. The summed E-state index contributed by atoms with van der Waals surface area (Å²) in [6, 6.07) is 0. The molecule has 0 fully saturated rings. The number of aromatic nitrogens is 1. The second kappa shape index (κ2) is 7.92. The second-order valence-corrected chi connectivity index (χ2v) is 7.85. The van der Waals surface area contributed by atoms with Crippen LogP contribution < -0.4 is 20.9 Å². The second-order valence-electron chi connectivity index (χ2n) is 4.46. The number of aliphatic hydroxyl groups is 1. The number of guanidine groups is 1. The number of nitrogens with zero attached hydrogens (tertiary/aromatic N) is 3. The zero-order valence-electron chi connectivity index (χ0n) is 12.0. The van der Waals surface area contributed by atoms with Crippen LogP contribution in [0.15, 0.2) is 15.4 Å². The van der Waals surface area contributed by atoms with Gasteiger partial charge in [0.15, 0.2) is 5.96 Å². The predicted octanol–water partition coefficient (Wildman–Crippen LogP) is -1.17. The number of hydrogen-bond acceptors (Lipinski definition) is 8. The summed E-state index contributed by atoms with van der Waals surface area (Å²) < 4.78 is 27.5. The molecule has 1 aliphatic rings. The summed E-state index contributed by atoms with van der Waals surface area (Å²) in [5.74, 6) is 1.59. The topological polar surface area (TPSA) is 168 Å². The fourth-order valence-corrected chi connectivity index (χ4v) is 4.33. The maximum atomic E-state index is 11.5. The number of nitrogens with two attached hydrogens (primary N) is 2. The van der Waals surface area contributed by atoms with E-state index in [0.717, 1.165) is 5.69 Å². The molecule has 0 saturated heterocycles. The van der Waals surface area contributed by atoms with Gasteiger partial charge in [0.2, 0.25) is 5.13 Å². The van der Waals surface area contributed by atoms with Crippen molar-refractivity contribution < 1.29 is 13.5 Å². The van der Waals surface area contributed by atoms with Gasteiger partial charge in [0.05, 0.1) is 12.3 Å². The van der Waals surface area contributed by atoms with E-state index in [0.29, 0.717) is 28.9 Å². The van der Waals surface area contributed by atoms with Crippen molar-refractivity contribution in [2.24, 2.45) is 21.5 Å². The standard InChI is InChI=1S/C10H17N7O3S3/c11-9(12)15-10-13-6(5-22-10)4-21-2-1-7-14-8(3-18)17-23(19,20)16-7/h5,8,17-18H,1-4H2,(H,14,16)(H4,11,12,13,15). The van der Waals surface area contributed by atoms with Crippen LogP contribution in [0.5, 0.6) is 0 Å². The van der Waals surface area contributed by atoms with E-state index in [9.17, 15) is 8.42 Å². The van der Waals surface area contributed by atoms with Gasteiger partial charge in [-0.25, -0.2) is 9.98 Å². The van der Waals surface area contributed by atoms with Gasteiger partial charge in [0, 0.05) is 23.3 Å². The quantitative estimate of drug-likeness (QED) is 0.226. The molecule has 1 aliphatic heterocycles. The first kappa shape index (κ1) is 17.9. The lowest BCUT2D eigenvalue weighted by molar-refractivity contribution is 0.259. The Bertz CT molecular complexity index is 696. The molecule has 0 bridgehead atoms. The zero-order chi connectivity index (χ0) is 16.9. The SMILES string of the molecule is NC(N)=Nc1nc(CSCCC2=NC(CO)NS(=O)(=O)N2)cs1. The van der Waals surface area contributed by atoms with E-state index >= 15 is 0 Å². The average Bonchev–Trinajstić information content (AvgIpc) is 2.88. The lowest BCUT2D eigenvalue weighted by atomic mass is 10.4. The molecule has 0 saturated carbocycles. The Balaban J connectivity index is 1.80. The van der Waals surface area contributed by atoms with Gasteiger partial charge in [0.25, 0.3) is 0 Å². The van der Waals surface area contributed by atoms with Crippen LogP contribution in [0.2, 0.25) is 0 Å². The van der Waals surface area contributed by atoms with Gasteiger partial charge in [-0.15, -0.1) is 11.3 Å². The molecule has 2 heterocycles. The molecule has 0 amide bonds. The van der Waals surface area contributed by atoms with Crippen molar-refractivity contribution in [3.63, 3.8) is 0 Å². The van der Waals surface area contributed by atoms with Crippen LogP contribution in [0.4, 0.5) is 5.13 Å². The normalized spacial score (nSPS) is 19.7. The first-order chi connectivity index (χ1) is 10.9. The van der Waals surface area contributed by atoms with Crippen molar-refractivity contribution in [2.45, 2.75) is 18.3 Å². The highest BCUT2D eigenvalue weighted by Gasteiger charge is 2.23. The van der Waals surface area contributed by atoms with Gasteiger partial charge in [0.1, 0.15) is 12.0 Å². The van der Waals surface area contributed by atoms with Crippen LogP contribution in [0.25, 0.3) is 0 Å². The Hall–Kier alpha value is -1.41. The molecule has 0 radical (unpaired) electrons. The molecule has 0 aliphatic carbocycles. The number of thioether (sulfide) groups is 1. The number of rotatable bonds is 7. The monoisotopic (exact) mass is 379 g/mol. The maximum Gasteiger partial charge on any atom is 0.301 e. The van der Waals surface area contributed by atoms with Crippen molar-refractivity contribution in [1.29, 1.82) is 0 Å². The van der Waals surface area contributed by atoms with Crippen molar-refractivity contribution in [3.05, 3.63) is 11.1 Å². The van der Waals surface area contributed by atoms with E-state index in [1.165, 1.54) is 11.3 Å². The van der Waals surface area contributed by atoms with Crippen LogP contribution in [0.3, 0.4) is 0 Å². The van der Waals surface area contributed by atoms with Crippen molar-refractivity contribution >= 4 is 50.2 Å². The van der Waals surface area contributed by atoms with Gasteiger partial charge in [-0.2, -0.15) is 29.9 Å². The predicted molar refractivity (Wildman–Crippen MR) is 91.9 cm³/mol. The van der Waals surface area contributed by atoms with Gasteiger partial charge in [-0.1, -0.05) is 0 Å². The smallest absolute Gasteiger partial charge is 0.301 e. The highest BCUT2D eigenvalue weighted by Crippen LogP contribution is 2.22. The molecule has 0 spiro atoms. The van der Waals surface area contributed by atoms with Crippen molar-refractivity contribution in [1.82, 2.24) is 14.4 Å². The van der Waals surface area contributed by atoms with Crippen LogP contribution >= 0.6 is 23.1 Å². The fraction of sp³-hybridized carbons (Fsp3) is 0.500. The lowest BCUT2D eigenvalue weighted by Crippen LogP contribution is -2.51. The molecule has 7 N–H and O–H groups in total. The molecule has 1 unspecified atom stereocenters. The Morgan fingerprint density at radius 3 is 3.00 bits per heavy atom. The molecule has 13 heteroatoms. The average molecular weight is 379 g/mol. The van der Waals surface area contributed by atoms with E-state index in [4.69, 9.17) is 16.6 Å². The van der Waals surface area contributed by atoms with Gasteiger partial charge in [-0.05, 0) is 0 Å². The van der Waals surface area contributed by atoms with E-state index in [1.807, 2.05) is 5.38 Å². The van der Waals surface area contributed by atoms with E-state index < -0.39 is 16.4 Å². The maximum absolute atomic E-state index is 11.5. The lowest BCUT2D eigenvalue weighted by Gasteiger charge is -2.21. The van der Waals surface area contributed by atoms with Crippen molar-refractivity contribution in [3.8, 4) is 0 Å². The highest BCUT2D eigenvalue weighted by atomic mass is 32.2. The summed E-state index contributed by atoms with van der Waals surface area (Å²) in [4.78, 5) is 12.2. The van der Waals surface area contributed by atoms with E-state index in [1.54, 1.807) is 11.8 Å². The Kier molecular flexibility index (Phi) is 6.17. The van der Waals surface area contributed by atoms with Crippen LogP contribution in [-0.4, -0.2) is 48.8 Å². The number of thiazole rings is 1. The summed E-state index contributed by atoms with van der Waals surface area (Å²) in [7, 11) is -3.64. The van der Waals surface area contributed by atoms with Gasteiger partial charge in [-0.3, -0.25) is 4.72 Å². The van der Waals surface area contributed by atoms with Gasteiger partial charge >= 0.3 is 10.2 Å². The highest BCUT2D eigenvalue weighted by molar-refractivity contribution is 7.98. The number of hydrogen-bond donors (Lipinski definition) is 5. The Morgan fingerprint density at radius 2 is 2.30 bits per heavy atom. The number of nitrogens with one attached hydrogen (secondary N) is 2. The molecule has 1 atom stereocenters. The first-order valence-electron chi connectivity index (χ1n) is 6.47. The van der Waals surface area contributed by atoms with Crippen LogP contribution in [0, 0.1) is 0 Å². The fourth-order valence-electron chi connectivity index (χ4n) is 1.67. The van der Waals surface area contributed by atoms with Gasteiger partial charge < -0.3 is 16.6 Å². The van der Waals surface area contributed by atoms with Crippen molar-refractivity contribution in [2.75, 3.05) is 12.4 Å². The molecule has 1 aromatic heterocycles. The summed E-state index contributed by atoms with van der Waals surface area (Å²) in [6.07, 6.45) is -0.394.